The number of benzene rings is 1. The number of rotatable bonds is 7. The van der Waals surface area contributed by atoms with Crippen molar-refractivity contribution in [1.29, 1.82) is 0 Å². The Hall–Kier alpha value is 0.0869. The summed E-state index contributed by atoms with van der Waals surface area (Å²) < 4.78 is 7.59. The first-order chi connectivity index (χ1) is 10.1. The summed E-state index contributed by atoms with van der Waals surface area (Å²) in [5, 5.41) is 0. The van der Waals surface area contributed by atoms with E-state index in [-0.39, 0.29) is 24.0 Å². The smallest absolute Gasteiger partial charge is 0.192 e. The van der Waals surface area contributed by atoms with Crippen LogP contribution in [0.25, 0.3) is 0 Å². The van der Waals surface area contributed by atoms with Gasteiger partial charge in [0, 0.05) is 12.0 Å². The van der Waals surface area contributed by atoms with Crippen molar-refractivity contribution < 1.29 is 32.9 Å². The number of likely N-dealkylation sites (N-methyl/N-ethyl adjacent to an activating group) is 1. The van der Waals surface area contributed by atoms with Crippen molar-refractivity contribution in [3.05, 3.63) is 35.4 Å². The zero-order valence-corrected chi connectivity index (χ0v) is 17.9. The molecule has 0 fully saturated rings. The molecule has 0 saturated heterocycles. The van der Waals surface area contributed by atoms with E-state index in [1.165, 1.54) is 43.2 Å². The molecule has 1 aliphatic heterocycles. The lowest BCUT2D eigenvalue weighted by Crippen LogP contribution is -3.00. The quantitative estimate of drug-likeness (QED) is 0.357. The first kappa shape index (κ1) is 20.1. The van der Waals surface area contributed by atoms with Crippen LogP contribution in [0, 0.1) is 0 Å². The van der Waals surface area contributed by atoms with E-state index in [4.69, 9.17) is 4.43 Å². The maximum absolute atomic E-state index is 6.46. The van der Waals surface area contributed by atoms with Gasteiger partial charge in [-0.3, -0.25) is 0 Å². The molecule has 1 aromatic carbocycles. The van der Waals surface area contributed by atoms with Gasteiger partial charge in [0.05, 0.1) is 20.2 Å². The Morgan fingerprint density at radius 3 is 2.23 bits per heavy atom. The highest BCUT2D eigenvalue weighted by molar-refractivity contribution is 6.73. The number of halogens is 1. The highest BCUT2D eigenvalue weighted by atomic mass is 127. The van der Waals surface area contributed by atoms with E-state index in [0.717, 1.165) is 17.6 Å². The standard InChI is InChI=1S/C18H32NOSi.HI/c1-5-21(6-2,7-3)20-15-14-19(4)13-12-17-10-8-9-11-18(17)16-19;/h8-11H,5-7,12-16H2,1-4H3;1H/q+1;/p-1. The number of nitrogens with zero attached hydrogens (tertiary/aromatic N) is 1. The fraction of sp³-hybridized carbons (Fsp3) is 0.667. The second kappa shape index (κ2) is 8.80. The molecule has 22 heavy (non-hydrogen) atoms. The van der Waals surface area contributed by atoms with E-state index in [1.807, 2.05) is 0 Å². The zero-order chi connectivity index (χ0) is 15.3. The van der Waals surface area contributed by atoms with Crippen LogP contribution in [0.4, 0.5) is 0 Å². The number of fused-ring (bicyclic) bond motifs is 1. The molecule has 0 amide bonds. The summed E-state index contributed by atoms with van der Waals surface area (Å²) in [6, 6.07) is 12.7. The van der Waals surface area contributed by atoms with Crippen molar-refractivity contribution in [3.63, 3.8) is 0 Å². The van der Waals surface area contributed by atoms with Gasteiger partial charge < -0.3 is 32.9 Å². The molecule has 1 unspecified atom stereocenters. The van der Waals surface area contributed by atoms with Crippen molar-refractivity contribution in [2.45, 2.75) is 51.9 Å². The molecule has 1 aromatic rings. The Balaban J connectivity index is 0.00000242. The minimum absolute atomic E-state index is 0. The van der Waals surface area contributed by atoms with Crippen molar-refractivity contribution in [2.75, 3.05) is 26.7 Å². The molecular formula is C18H32INOSi. The summed E-state index contributed by atoms with van der Waals surface area (Å²) in [7, 11) is 0.979. The summed E-state index contributed by atoms with van der Waals surface area (Å²) in [6.07, 6.45) is 1.21. The minimum Gasteiger partial charge on any atom is -1.00 e. The maximum Gasteiger partial charge on any atom is 0.192 e. The molecule has 126 valence electrons. The Morgan fingerprint density at radius 1 is 1.05 bits per heavy atom. The summed E-state index contributed by atoms with van der Waals surface area (Å²) in [5.41, 5.74) is 3.09. The van der Waals surface area contributed by atoms with Crippen LogP contribution < -0.4 is 24.0 Å². The van der Waals surface area contributed by atoms with Crippen LogP contribution in [0.15, 0.2) is 24.3 Å². The average Bonchev–Trinajstić information content (AvgIpc) is 2.52. The van der Waals surface area contributed by atoms with Gasteiger partial charge in [-0.25, -0.2) is 0 Å². The van der Waals surface area contributed by atoms with E-state index in [1.54, 1.807) is 5.56 Å². The molecule has 0 saturated carbocycles. The Morgan fingerprint density at radius 2 is 1.64 bits per heavy atom. The molecule has 0 radical (unpaired) electrons. The number of hydrogen-bond donors (Lipinski definition) is 0. The highest BCUT2D eigenvalue weighted by Gasteiger charge is 2.32. The number of hydrogen-bond acceptors (Lipinski definition) is 1. The summed E-state index contributed by atoms with van der Waals surface area (Å²) in [4.78, 5) is 0. The van der Waals surface area contributed by atoms with Gasteiger partial charge in [0.15, 0.2) is 8.32 Å². The Kier molecular flexibility index (Phi) is 8.06. The number of quaternary nitrogens is 1. The van der Waals surface area contributed by atoms with Crippen LogP contribution in [0.5, 0.6) is 0 Å². The third-order valence-corrected chi connectivity index (χ3v) is 10.2. The van der Waals surface area contributed by atoms with Gasteiger partial charge in [0.1, 0.15) is 13.1 Å². The van der Waals surface area contributed by atoms with Crippen LogP contribution in [-0.2, 0) is 17.4 Å². The molecule has 0 spiro atoms. The Labute approximate surface area is 155 Å². The molecule has 4 heteroatoms. The molecule has 2 nitrogen and oxygen atoms in total. The molecule has 0 aliphatic carbocycles. The van der Waals surface area contributed by atoms with Crippen molar-refractivity contribution in [2.24, 2.45) is 0 Å². The second-order valence-corrected chi connectivity index (χ2v) is 11.6. The van der Waals surface area contributed by atoms with Gasteiger partial charge in [-0.15, -0.1) is 0 Å². The maximum atomic E-state index is 6.46. The van der Waals surface area contributed by atoms with E-state index in [9.17, 15) is 0 Å². The van der Waals surface area contributed by atoms with Gasteiger partial charge in [0.25, 0.3) is 0 Å². The SMILES string of the molecule is CC[Si](CC)(CC)OCC[N+]1(C)CCc2ccccc2C1.[I-]. The lowest BCUT2D eigenvalue weighted by Gasteiger charge is -2.39. The van der Waals surface area contributed by atoms with E-state index in [0.29, 0.717) is 0 Å². The largest absolute Gasteiger partial charge is 1.00 e. The fourth-order valence-electron chi connectivity index (χ4n) is 3.57. The molecule has 1 aliphatic rings. The van der Waals surface area contributed by atoms with E-state index in [2.05, 4.69) is 52.1 Å². The van der Waals surface area contributed by atoms with Crippen LogP contribution in [-0.4, -0.2) is 39.5 Å². The molecule has 1 heterocycles. The first-order valence-electron chi connectivity index (χ1n) is 8.61. The van der Waals surface area contributed by atoms with Gasteiger partial charge in [-0.2, -0.15) is 0 Å². The third kappa shape index (κ3) is 4.79. The topological polar surface area (TPSA) is 9.23 Å². The van der Waals surface area contributed by atoms with Crippen LogP contribution in [0.2, 0.25) is 18.1 Å². The van der Waals surface area contributed by atoms with Crippen molar-refractivity contribution >= 4 is 8.32 Å². The lowest BCUT2D eigenvalue weighted by molar-refractivity contribution is -0.924. The molecule has 2 rings (SSSR count). The van der Waals surface area contributed by atoms with Crippen LogP contribution >= 0.6 is 0 Å². The van der Waals surface area contributed by atoms with Gasteiger partial charge in [0.2, 0.25) is 0 Å². The lowest BCUT2D eigenvalue weighted by atomic mass is 9.98. The molecule has 0 N–H and O–H groups in total. The predicted molar refractivity (Wildman–Crippen MR) is 92.9 cm³/mol. The third-order valence-electron chi connectivity index (χ3n) is 5.56. The molecule has 0 bridgehead atoms. The first-order valence-corrected chi connectivity index (χ1v) is 11.1. The Bertz CT molecular complexity index is 456. The summed E-state index contributed by atoms with van der Waals surface area (Å²) in [5.74, 6) is 0. The van der Waals surface area contributed by atoms with E-state index < -0.39 is 8.32 Å². The van der Waals surface area contributed by atoms with Gasteiger partial charge in [-0.1, -0.05) is 45.0 Å². The zero-order valence-electron chi connectivity index (χ0n) is 14.7. The normalized spacial score (nSPS) is 21.1. The monoisotopic (exact) mass is 433 g/mol. The fourth-order valence-corrected chi connectivity index (χ4v) is 6.20. The van der Waals surface area contributed by atoms with Crippen LogP contribution in [0.1, 0.15) is 31.9 Å². The van der Waals surface area contributed by atoms with Crippen LogP contribution in [0.3, 0.4) is 0 Å². The van der Waals surface area contributed by atoms with Crippen molar-refractivity contribution in [1.82, 2.24) is 0 Å². The highest BCUT2D eigenvalue weighted by Crippen LogP contribution is 2.25. The average molecular weight is 433 g/mol. The molecule has 1 atom stereocenters. The molecular weight excluding hydrogens is 401 g/mol. The van der Waals surface area contributed by atoms with E-state index >= 15 is 0 Å². The summed E-state index contributed by atoms with van der Waals surface area (Å²) >= 11 is 0. The molecule has 0 aromatic heterocycles. The summed E-state index contributed by atoms with van der Waals surface area (Å²) in [6.45, 7) is 11.5. The second-order valence-electron chi connectivity index (χ2n) is 6.84. The van der Waals surface area contributed by atoms with Gasteiger partial charge >= 0.3 is 0 Å². The minimum atomic E-state index is -1.42. The van der Waals surface area contributed by atoms with Gasteiger partial charge in [-0.05, 0) is 23.7 Å². The van der Waals surface area contributed by atoms with Crippen molar-refractivity contribution in [3.8, 4) is 0 Å². The predicted octanol–water partition coefficient (Wildman–Crippen LogP) is 1.22.